The van der Waals surface area contributed by atoms with Crippen molar-refractivity contribution in [1.82, 2.24) is 15.2 Å². The van der Waals surface area contributed by atoms with Crippen LogP contribution in [0.2, 0.25) is 0 Å². The third-order valence-electron chi connectivity index (χ3n) is 3.37. The number of nitrogens with zero attached hydrogens (tertiary/aromatic N) is 1. The summed E-state index contributed by atoms with van der Waals surface area (Å²) in [6.45, 7) is 0.307. The van der Waals surface area contributed by atoms with E-state index < -0.39 is 17.7 Å². The van der Waals surface area contributed by atoms with Crippen LogP contribution in [-0.4, -0.2) is 41.5 Å². The van der Waals surface area contributed by atoms with Crippen LogP contribution in [0.3, 0.4) is 0 Å². The molecule has 2 aromatic rings. The molecule has 7 heteroatoms. The topological polar surface area (TPSA) is 68.4 Å². The molecule has 1 unspecified atom stereocenters. The monoisotopic (exact) mass is 323 g/mol. The van der Waals surface area contributed by atoms with Gasteiger partial charge < -0.3 is 20.3 Å². The number of amides is 1. The number of aliphatic hydroxyl groups is 1. The second kappa shape index (κ2) is 7.34. The summed E-state index contributed by atoms with van der Waals surface area (Å²) in [5, 5.41) is 12.8. The van der Waals surface area contributed by atoms with Crippen LogP contribution in [0.25, 0.3) is 0 Å². The fourth-order valence-corrected chi connectivity index (χ4v) is 2.18. The van der Waals surface area contributed by atoms with Crippen molar-refractivity contribution in [2.45, 2.75) is 12.6 Å². The molecule has 0 bridgehead atoms. The van der Waals surface area contributed by atoms with Gasteiger partial charge in [-0.25, -0.2) is 8.78 Å². The van der Waals surface area contributed by atoms with Gasteiger partial charge in [0.05, 0.1) is 11.7 Å². The Morgan fingerprint density at radius 1 is 1.26 bits per heavy atom. The Bertz CT molecular complexity index is 665. The highest BCUT2D eigenvalue weighted by Gasteiger charge is 2.17. The Kier molecular flexibility index (Phi) is 5.46. The van der Waals surface area contributed by atoms with Crippen molar-refractivity contribution in [2.75, 3.05) is 20.6 Å². The number of carbonyl (C=O) groups is 1. The van der Waals surface area contributed by atoms with E-state index in [9.17, 15) is 18.7 Å². The van der Waals surface area contributed by atoms with Crippen molar-refractivity contribution >= 4 is 5.91 Å². The number of rotatable bonds is 6. The lowest BCUT2D eigenvalue weighted by atomic mass is 10.1. The third-order valence-corrected chi connectivity index (χ3v) is 3.37. The normalized spacial score (nSPS) is 12.2. The van der Waals surface area contributed by atoms with Crippen LogP contribution in [0.4, 0.5) is 8.78 Å². The Morgan fingerprint density at radius 3 is 2.52 bits per heavy atom. The van der Waals surface area contributed by atoms with Gasteiger partial charge in [0.25, 0.3) is 5.91 Å². The van der Waals surface area contributed by atoms with Gasteiger partial charge in [-0.15, -0.1) is 0 Å². The van der Waals surface area contributed by atoms with Crippen LogP contribution < -0.4 is 5.32 Å². The van der Waals surface area contributed by atoms with Gasteiger partial charge in [0, 0.05) is 32.9 Å². The van der Waals surface area contributed by atoms with Crippen LogP contribution in [0.15, 0.2) is 30.3 Å². The van der Waals surface area contributed by atoms with E-state index in [4.69, 9.17) is 0 Å². The molecule has 0 radical (unpaired) electrons. The van der Waals surface area contributed by atoms with E-state index in [1.165, 1.54) is 11.0 Å². The Labute approximate surface area is 132 Å². The molecule has 1 atom stereocenters. The zero-order valence-corrected chi connectivity index (χ0v) is 12.9. The number of aromatic amines is 1. The Hall–Kier alpha value is -2.25. The summed E-state index contributed by atoms with van der Waals surface area (Å²) < 4.78 is 27.1. The molecule has 0 saturated heterocycles. The average molecular weight is 323 g/mol. The number of halogens is 2. The highest BCUT2D eigenvalue weighted by Crippen LogP contribution is 2.20. The summed E-state index contributed by atoms with van der Waals surface area (Å²) in [5.74, 6) is -1.71. The smallest absolute Gasteiger partial charge is 0.269 e. The highest BCUT2D eigenvalue weighted by atomic mass is 19.1. The molecule has 0 aliphatic rings. The fraction of sp³-hybridized carbons (Fsp3) is 0.312. The number of carbonyl (C=O) groups excluding carboxylic acids is 1. The quantitative estimate of drug-likeness (QED) is 0.759. The minimum atomic E-state index is -1.30. The summed E-state index contributed by atoms with van der Waals surface area (Å²) in [4.78, 5) is 16.1. The molecule has 5 nitrogen and oxygen atoms in total. The summed E-state index contributed by atoms with van der Waals surface area (Å²) in [5.41, 5.74) is 0.832. The van der Waals surface area contributed by atoms with Gasteiger partial charge in [-0.05, 0) is 24.3 Å². The molecule has 1 aromatic carbocycles. The molecule has 1 amide bonds. The first-order valence-corrected chi connectivity index (χ1v) is 7.12. The maximum atomic E-state index is 13.5. The van der Waals surface area contributed by atoms with Gasteiger partial charge in [-0.3, -0.25) is 4.79 Å². The van der Waals surface area contributed by atoms with Gasteiger partial charge in [-0.2, -0.15) is 0 Å². The van der Waals surface area contributed by atoms with E-state index in [1.807, 2.05) is 0 Å². The van der Waals surface area contributed by atoms with Crippen molar-refractivity contribution in [2.24, 2.45) is 0 Å². The molecule has 0 spiro atoms. The lowest BCUT2D eigenvalue weighted by Gasteiger charge is -2.13. The van der Waals surface area contributed by atoms with Gasteiger partial charge >= 0.3 is 0 Å². The standard InChI is InChI=1S/C16H19F2N3O2/c1-21(2)16(23)13-7-6-10(20-13)8-19-9-14(22)15-11(17)4-3-5-12(15)18/h3-7,14,19-20,22H,8-9H2,1-2H3. The van der Waals surface area contributed by atoms with E-state index >= 15 is 0 Å². The lowest BCUT2D eigenvalue weighted by molar-refractivity contribution is 0.0822. The third kappa shape index (κ3) is 4.14. The summed E-state index contributed by atoms with van der Waals surface area (Å²) in [6.07, 6.45) is -1.30. The fourth-order valence-electron chi connectivity index (χ4n) is 2.18. The van der Waals surface area contributed by atoms with Crippen molar-refractivity contribution in [1.29, 1.82) is 0 Å². The molecule has 124 valence electrons. The number of aromatic nitrogens is 1. The molecule has 0 aliphatic carbocycles. The molecule has 23 heavy (non-hydrogen) atoms. The second-order valence-corrected chi connectivity index (χ2v) is 5.38. The van der Waals surface area contributed by atoms with E-state index in [1.54, 1.807) is 26.2 Å². The first-order valence-electron chi connectivity index (χ1n) is 7.12. The molecule has 3 N–H and O–H groups in total. The predicted molar refractivity (Wildman–Crippen MR) is 81.8 cm³/mol. The van der Waals surface area contributed by atoms with Gasteiger partial charge in [0.2, 0.25) is 0 Å². The Morgan fingerprint density at radius 2 is 1.91 bits per heavy atom. The summed E-state index contributed by atoms with van der Waals surface area (Å²) in [6, 6.07) is 6.85. The molecular weight excluding hydrogens is 304 g/mol. The molecule has 1 heterocycles. The molecule has 1 aromatic heterocycles. The zero-order valence-electron chi connectivity index (χ0n) is 12.9. The first-order chi connectivity index (χ1) is 10.9. The van der Waals surface area contributed by atoms with Gasteiger partial charge in [0.1, 0.15) is 17.3 Å². The number of hydrogen-bond acceptors (Lipinski definition) is 3. The predicted octanol–water partition coefficient (Wildman–Crippen LogP) is 1.82. The number of benzene rings is 1. The number of aliphatic hydroxyl groups excluding tert-OH is 1. The zero-order chi connectivity index (χ0) is 17.0. The lowest BCUT2D eigenvalue weighted by Crippen LogP contribution is -2.23. The molecular formula is C16H19F2N3O2. The largest absolute Gasteiger partial charge is 0.387 e. The summed E-state index contributed by atoms with van der Waals surface area (Å²) in [7, 11) is 3.31. The van der Waals surface area contributed by atoms with Crippen LogP contribution in [0, 0.1) is 11.6 Å². The van der Waals surface area contributed by atoms with E-state index in [-0.39, 0.29) is 18.0 Å². The number of H-pyrrole nitrogens is 1. The van der Waals surface area contributed by atoms with E-state index in [2.05, 4.69) is 10.3 Å². The van der Waals surface area contributed by atoms with Crippen molar-refractivity contribution in [3.05, 3.63) is 58.9 Å². The first kappa shape index (κ1) is 17.1. The number of nitrogens with one attached hydrogen (secondary N) is 2. The minimum Gasteiger partial charge on any atom is -0.387 e. The summed E-state index contributed by atoms with van der Waals surface area (Å²) >= 11 is 0. The number of hydrogen-bond donors (Lipinski definition) is 3. The molecule has 0 aliphatic heterocycles. The van der Waals surface area contributed by atoms with Gasteiger partial charge in [-0.1, -0.05) is 6.07 Å². The molecule has 0 fully saturated rings. The van der Waals surface area contributed by atoms with E-state index in [0.717, 1.165) is 17.8 Å². The second-order valence-electron chi connectivity index (χ2n) is 5.38. The van der Waals surface area contributed by atoms with Crippen LogP contribution in [-0.2, 0) is 6.54 Å². The van der Waals surface area contributed by atoms with E-state index in [0.29, 0.717) is 12.2 Å². The highest BCUT2D eigenvalue weighted by molar-refractivity contribution is 5.92. The molecule has 0 saturated carbocycles. The van der Waals surface area contributed by atoms with Crippen molar-refractivity contribution in [3.8, 4) is 0 Å². The SMILES string of the molecule is CN(C)C(=O)c1ccc(CNCC(O)c2c(F)cccc2F)[nH]1. The van der Waals surface area contributed by atoms with Crippen molar-refractivity contribution in [3.63, 3.8) is 0 Å². The Balaban J connectivity index is 1.91. The molecule has 2 rings (SSSR count). The van der Waals surface area contributed by atoms with Gasteiger partial charge in [0.15, 0.2) is 0 Å². The average Bonchev–Trinajstić information content (AvgIpc) is 2.95. The van der Waals surface area contributed by atoms with Crippen molar-refractivity contribution < 1.29 is 18.7 Å². The maximum absolute atomic E-state index is 13.5. The minimum absolute atomic E-state index is 0.0200. The van der Waals surface area contributed by atoms with Crippen LogP contribution in [0.5, 0.6) is 0 Å². The van der Waals surface area contributed by atoms with Crippen LogP contribution >= 0.6 is 0 Å². The van der Waals surface area contributed by atoms with Crippen LogP contribution in [0.1, 0.15) is 27.8 Å². The maximum Gasteiger partial charge on any atom is 0.269 e.